The van der Waals surface area contributed by atoms with Gasteiger partial charge >= 0.3 is 0 Å². The molecule has 0 saturated carbocycles. The van der Waals surface area contributed by atoms with Crippen LogP contribution < -0.4 is 5.32 Å². The van der Waals surface area contributed by atoms with E-state index >= 15 is 0 Å². The van der Waals surface area contributed by atoms with Crippen LogP contribution in [-0.2, 0) is 7.05 Å². The number of fused-ring (bicyclic) bond motifs is 1. The number of aromatic nitrogens is 3. The van der Waals surface area contributed by atoms with Gasteiger partial charge in [0.25, 0.3) is 11.8 Å². The van der Waals surface area contributed by atoms with Gasteiger partial charge in [-0.15, -0.1) is 0 Å². The Bertz CT molecular complexity index is 958. The summed E-state index contributed by atoms with van der Waals surface area (Å²) in [5.74, 6) is -0.344. The third-order valence-electron chi connectivity index (χ3n) is 3.92. The van der Waals surface area contributed by atoms with E-state index in [1.165, 1.54) is 11.1 Å². The molecule has 7 nitrogen and oxygen atoms in total. The van der Waals surface area contributed by atoms with Crippen molar-refractivity contribution >= 4 is 28.5 Å². The summed E-state index contributed by atoms with van der Waals surface area (Å²) in [6, 6.07) is 8.56. The number of aryl methyl sites for hydroxylation is 2. The molecule has 0 spiro atoms. The van der Waals surface area contributed by atoms with Gasteiger partial charge in [-0.05, 0) is 37.3 Å². The highest BCUT2D eigenvalue weighted by Gasteiger charge is 2.13. The summed E-state index contributed by atoms with van der Waals surface area (Å²) in [5, 5.41) is 7.96. The van der Waals surface area contributed by atoms with Gasteiger partial charge in [0.1, 0.15) is 0 Å². The number of nitrogens with one attached hydrogen (secondary N) is 1. The zero-order valence-corrected chi connectivity index (χ0v) is 14.6. The minimum absolute atomic E-state index is 0.0837. The van der Waals surface area contributed by atoms with Crippen LogP contribution in [0.3, 0.4) is 0 Å². The maximum atomic E-state index is 12.4. The highest BCUT2D eigenvalue weighted by Crippen LogP contribution is 2.18. The smallest absolute Gasteiger partial charge is 0.257 e. The molecule has 0 fully saturated rings. The van der Waals surface area contributed by atoms with Gasteiger partial charge in [-0.2, -0.15) is 5.10 Å². The summed E-state index contributed by atoms with van der Waals surface area (Å²) >= 11 is 0. The van der Waals surface area contributed by atoms with Crippen molar-refractivity contribution < 1.29 is 9.59 Å². The molecule has 0 aliphatic heterocycles. The SMILES string of the molecule is Cc1nn(C)c2ncc(C(=O)Nc3ccc(C(=O)N(C)C)cc3)cc12. The highest BCUT2D eigenvalue weighted by atomic mass is 16.2. The Morgan fingerprint density at radius 3 is 2.44 bits per heavy atom. The lowest BCUT2D eigenvalue weighted by Crippen LogP contribution is -2.21. The minimum atomic E-state index is -0.260. The third-order valence-corrected chi connectivity index (χ3v) is 3.92. The molecule has 2 aromatic heterocycles. The molecule has 0 aliphatic rings. The zero-order valence-electron chi connectivity index (χ0n) is 14.6. The van der Waals surface area contributed by atoms with Gasteiger partial charge in [0, 0.05) is 44.0 Å². The van der Waals surface area contributed by atoms with Crippen LogP contribution in [0.4, 0.5) is 5.69 Å². The quantitative estimate of drug-likeness (QED) is 0.795. The van der Waals surface area contributed by atoms with E-state index in [1.54, 1.807) is 49.1 Å². The number of anilines is 1. The number of rotatable bonds is 3. The lowest BCUT2D eigenvalue weighted by Gasteiger charge is -2.11. The largest absolute Gasteiger partial charge is 0.345 e. The number of benzene rings is 1. The predicted octanol–water partition coefficient (Wildman–Crippen LogP) is 2.23. The van der Waals surface area contributed by atoms with E-state index in [1.807, 2.05) is 14.0 Å². The number of carbonyl (C=O) groups excluding carboxylic acids is 2. The molecule has 1 N–H and O–H groups in total. The van der Waals surface area contributed by atoms with Crippen LogP contribution >= 0.6 is 0 Å². The van der Waals surface area contributed by atoms with E-state index in [9.17, 15) is 9.59 Å². The second-order valence-corrected chi connectivity index (χ2v) is 6.04. The number of hydrogen-bond donors (Lipinski definition) is 1. The van der Waals surface area contributed by atoms with Crippen molar-refractivity contribution in [1.82, 2.24) is 19.7 Å². The van der Waals surface area contributed by atoms with Crippen LogP contribution in [0.25, 0.3) is 11.0 Å². The Labute approximate surface area is 145 Å². The summed E-state index contributed by atoms with van der Waals surface area (Å²) in [4.78, 5) is 30.1. The molecule has 0 unspecified atom stereocenters. The first-order chi connectivity index (χ1) is 11.9. The van der Waals surface area contributed by atoms with Gasteiger partial charge in [0.2, 0.25) is 0 Å². The number of hydrogen-bond acceptors (Lipinski definition) is 4. The van der Waals surface area contributed by atoms with Gasteiger partial charge in [-0.3, -0.25) is 14.3 Å². The molecular weight excluding hydrogens is 318 g/mol. The Kier molecular flexibility index (Phi) is 4.22. The number of pyridine rings is 1. The predicted molar refractivity (Wildman–Crippen MR) is 95.7 cm³/mol. The zero-order chi connectivity index (χ0) is 18.1. The van der Waals surface area contributed by atoms with Gasteiger partial charge in [-0.25, -0.2) is 4.98 Å². The maximum absolute atomic E-state index is 12.4. The normalized spacial score (nSPS) is 10.7. The molecule has 3 rings (SSSR count). The van der Waals surface area contributed by atoms with E-state index in [2.05, 4.69) is 15.4 Å². The first-order valence-electron chi connectivity index (χ1n) is 7.79. The number of carbonyl (C=O) groups is 2. The topological polar surface area (TPSA) is 80.1 Å². The van der Waals surface area contributed by atoms with Crippen LogP contribution in [0, 0.1) is 6.92 Å². The molecule has 2 amide bonds. The second-order valence-electron chi connectivity index (χ2n) is 6.04. The molecule has 7 heteroatoms. The standard InChI is InChI=1S/C18H19N5O2/c1-11-15-9-13(10-19-16(15)23(4)21-11)17(24)20-14-7-5-12(6-8-14)18(25)22(2)3/h5-10H,1-4H3,(H,20,24). The first kappa shape index (κ1) is 16.6. The Morgan fingerprint density at radius 1 is 1.12 bits per heavy atom. The average Bonchev–Trinajstić information content (AvgIpc) is 2.88. The van der Waals surface area contributed by atoms with Crippen LogP contribution in [0.1, 0.15) is 26.4 Å². The number of nitrogens with zero attached hydrogens (tertiary/aromatic N) is 4. The summed E-state index contributed by atoms with van der Waals surface area (Å²) in [6.45, 7) is 1.88. The molecule has 128 valence electrons. The van der Waals surface area contributed by atoms with E-state index in [4.69, 9.17) is 0 Å². The van der Waals surface area contributed by atoms with Crippen LogP contribution in [0.5, 0.6) is 0 Å². The van der Waals surface area contributed by atoms with E-state index in [0.717, 1.165) is 16.7 Å². The third kappa shape index (κ3) is 3.21. The fourth-order valence-electron chi connectivity index (χ4n) is 2.59. The molecule has 0 bridgehead atoms. The minimum Gasteiger partial charge on any atom is -0.345 e. The monoisotopic (exact) mass is 337 g/mol. The number of amides is 2. The molecule has 0 saturated heterocycles. The van der Waals surface area contributed by atoms with E-state index < -0.39 is 0 Å². The molecule has 0 radical (unpaired) electrons. The van der Waals surface area contributed by atoms with Crippen molar-refractivity contribution in [2.45, 2.75) is 6.92 Å². The van der Waals surface area contributed by atoms with Crippen molar-refractivity contribution in [3.05, 3.63) is 53.3 Å². The van der Waals surface area contributed by atoms with Gasteiger partial charge in [-0.1, -0.05) is 0 Å². The van der Waals surface area contributed by atoms with Crippen molar-refractivity contribution in [1.29, 1.82) is 0 Å². The van der Waals surface area contributed by atoms with Gasteiger partial charge < -0.3 is 10.2 Å². The molecular formula is C18H19N5O2. The molecule has 25 heavy (non-hydrogen) atoms. The lowest BCUT2D eigenvalue weighted by molar-refractivity contribution is 0.0827. The Balaban J connectivity index is 1.80. The van der Waals surface area contributed by atoms with Crippen molar-refractivity contribution in [2.75, 3.05) is 19.4 Å². The fraction of sp³-hybridized carbons (Fsp3) is 0.222. The molecule has 0 atom stereocenters. The van der Waals surface area contributed by atoms with Crippen LogP contribution in [0.15, 0.2) is 36.5 Å². The van der Waals surface area contributed by atoms with Gasteiger partial charge in [0.15, 0.2) is 5.65 Å². The first-order valence-corrected chi connectivity index (χ1v) is 7.79. The maximum Gasteiger partial charge on any atom is 0.257 e. The molecule has 2 heterocycles. The van der Waals surface area contributed by atoms with E-state index in [0.29, 0.717) is 16.8 Å². The van der Waals surface area contributed by atoms with Crippen molar-refractivity contribution in [2.24, 2.45) is 7.05 Å². The summed E-state index contributed by atoms with van der Waals surface area (Å²) < 4.78 is 1.69. The van der Waals surface area contributed by atoms with Crippen molar-refractivity contribution in [3.63, 3.8) is 0 Å². The van der Waals surface area contributed by atoms with Crippen LogP contribution in [-0.4, -0.2) is 45.6 Å². The molecule has 1 aromatic carbocycles. The van der Waals surface area contributed by atoms with E-state index in [-0.39, 0.29) is 11.8 Å². The van der Waals surface area contributed by atoms with Crippen LogP contribution in [0.2, 0.25) is 0 Å². The van der Waals surface area contributed by atoms with Gasteiger partial charge in [0.05, 0.1) is 11.3 Å². The highest BCUT2D eigenvalue weighted by molar-refractivity contribution is 6.06. The fourth-order valence-corrected chi connectivity index (χ4v) is 2.59. The summed E-state index contributed by atoms with van der Waals surface area (Å²) in [6.07, 6.45) is 1.53. The lowest BCUT2D eigenvalue weighted by atomic mass is 10.1. The average molecular weight is 337 g/mol. The molecule has 0 aliphatic carbocycles. The Hall–Kier alpha value is -3.22. The Morgan fingerprint density at radius 2 is 1.80 bits per heavy atom. The summed E-state index contributed by atoms with van der Waals surface area (Å²) in [5.41, 5.74) is 3.20. The molecule has 3 aromatic rings. The van der Waals surface area contributed by atoms with Crippen molar-refractivity contribution in [3.8, 4) is 0 Å². The second kappa shape index (κ2) is 6.35. The summed E-state index contributed by atoms with van der Waals surface area (Å²) in [7, 11) is 5.21.